The van der Waals surface area contributed by atoms with E-state index in [0.29, 0.717) is 6.54 Å². The summed E-state index contributed by atoms with van der Waals surface area (Å²) in [5.41, 5.74) is -0.381. The van der Waals surface area contributed by atoms with Crippen LogP contribution in [0, 0.1) is 0 Å². The van der Waals surface area contributed by atoms with Crippen molar-refractivity contribution in [2.24, 2.45) is 0 Å². The second-order valence-corrected chi connectivity index (χ2v) is 3.98. The Hall–Kier alpha value is -1.10. The largest absolute Gasteiger partial charge is 0.343 e. The maximum Gasteiger partial charge on any atom is 0.343 e. The minimum absolute atomic E-state index is 0.155. The van der Waals surface area contributed by atoms with Gasteiger partial charge in [0, 0.05) is 5.54 Å². The van der Waals surface area contributed by atoms with E-state index in [1.807, 2.05) is 27.8 Å². The van der Waals surface area contributed by atoms with Crippen LogP contribution in [0.2, 0.25) is 0 Å². The summed E-state index contributed by atoms with van der Waals surface area (Å²) in [7, 11) is 1.83. The minimum Gasteiger partial charge on any atom is -0.313 e. The van der Waals surface area contributed by atoms with Crippen LogP contribution in [0.25, 0.3) is 0 Å². The molecule has 0 saturated carbocycles. The van der Waals surface area contributed by atoms with Crippen molar-refractivity contribution in [2.45, 2.75) is 32.9 Å². The van der Waals surface area contributed by atoms with Crippen LogP contribution in [0.5, 0.6) is 0 Å². The molecular formula is C8H16N4O. The topological polar surface area (TPSA) is 62.7 Å². The molecule has 0 aliphatic carbocycles. The zero-order valence-corrected chi connectivity index (χ0v) is 8.51. The van der Waals surface area contributed by atoms with Gasteiger partial charge in [0.15, 0.2) is 0 Å². The van der Waals surface area contributed by atoms with E-state index < -0.39 is 0 Å². The summed E-state index contributed by atoms with van der Waals surface area (Å²) in [6.45, 7) is 6.52. The number of hydrogen-bond donors (Lipinski definition) is 2. The lowest BCUT2D eigenvalue weighted by Crippen LogP contribution is -2.34. The molecule has 0 atom stereocenters. The standard InChI is InChI=1S/C8H16N4O/c1-8(2,3)12-6(5-9-4)10-11-7(12)13/h9H,5H2,1-4H3,(H,11,13). The SMILES string of the molecule is CNCc1n[nH]c(=O)n1C(C)(C)C. The summed E-state index contributed by atoms with van der Waals surface area (Å²) in [4.78, 5) is 11.4. The Bertz CT molecular complexity index is 331. The Morgan fingerprint density at radius 1 is 1.54 bits per heavy atom. The second kappa shape index (κ2) is 3.33. The maximum atomic E-state index is 11.4. The highest BCUT2D eigenvalue weighted by atomic mass is 16.1. The molecule has 0 amide bonds. The molecule has 0 bridgehead atoms. The van der Waals surface area contributed by atoms with Crippen LogP contribution < -0.4 is 11.0 Å². The summed E-state index contributed by atoms with van der Waals surface area (Å²) < 4.78 is 1.66. The van der Waals surface area contributed by atoms with Gasteiger partial charge in [0.2, 0.25) is 0 Å². The molecule has 2 N–H and O–H groups in total. The zero-order chi connectivity index (χ0) is 10.1. The van der Waals surface area contributed by atoms with Crippen molar-refractivity contribution in [1.29, 1.82) is 0 Å². The lowest BCUT2D eigenvalue weighted by atomic mass is 10.1. The van der Waals surface area contributed by atoms with Gasteiger partial charge in [-0.15, -0.1) is 0 Å². The summed E-state index contributed by atoms with van der Waals surface area (Å²) in [5, 5.41) is 9.35. The average molecular weight is 184 g/mol. The van der Waals surface area contributed by atoms with Crippen LogP contribution >= 0.6 is 0 Å². The third kappa shape index (κ3) is 1.98. The maximum absolute atomic E-state index is 11.4. The van der Waals surface area contributed by atoms with E-state index in [1.54, 1.807) is 4.57 Å². The van der Waals surface area contributed by atoms with Crippen molar-refractivity contribution in [3.05, 3.63) is 16.3 Å². The van der Waals surface area contributed by atoms with Crippen molar-refractivity contribution in [3.63, 3.8) is 0 Å². The first-order valence-electron chi connectivity index (χ1n) is 4.28. The van der Waals surface area contributed by atoms with Crippen LogP contribution in [0.15, 0.2) is 4.79 Å². The summed E-state index contributed by atoms with van der Waals surface area (Å²) in [6, 6.07) is 0. The molecule has 74 valence electrons. The molecule has 0 aliphatic rings. The van der Waals surface area contributed by atoms with E-state index in [9.17, 15) is 4.79 Å². The zero-order valence-electron chi connectivity index (χ0n) is 8.51. The molecule has 0 radical (unpaired) electrons. The number of aromatic nitrogens is 3. The Kier molecular flexibility index (Phi) is 2.56. The van der Waals surface area contributed by atoms with E-state index in [4.69, 9.17) is 0 Å². The van der Waals surface area contributed by atoms with E-state index in [2.05, 4.69) is 15.5 Å². The molecule has 1 heterocycles. The lowest BCUT2D eigenvalue weighted by molar-refractivity contribution is 0.369. The number of aromatic amines is 1. The van der Waals surface area contributed by atoms with Crippen LogP contribution in [-0.4, -0.2) is 21.8 Å². The molecule has 0 unspecified atom stereocenters. The van der Waals surface area contributed by atoms with Gasteiger partial charge in [0.05, 0.1) is 6.54 Å². The third-order valence-electron chi connectivity index (χ3n) is 1.75. The Morgan fingerprint density at radius 2 is 2.15 bits per heavy atom. The van der Waals surface area contributed by atoms with Gasteiger partial charge >= 0.3 is 5.69 Å². The number of hydrogen-bond acceptors (Lipinski definition) is 3. The van der Waals surface area contributed by atoms with Crippen LogP contribution in [0.4, 0.5) is 0 Å². The molecule has 1 aromatic heterocycles. The fraction of sp³-hybridized carbons (Fsp3) is 0.750. The van der Waals surface area contributed by atoms with Gasteiger partial charge < -0.3 is 5.32 Å². The number of nitrogens with one attached hydrogen (secondary N) is 2. The van der Waals surface area contributed by atoms with Gasteiger partial charge in [0.25, 0.3) is 0 Å². The second-order valence-electron chi connectivity index (χ2n) is 3.98. The van der Waals surface area contributed by atoms with Crippen molar-refractivity contribution in [3.8, 4) is 0 Å². The molecule has 1 rings (SSSR count). The average Bonchev–Trinajstić information content (AvgIpc) is 2.31. The minimum atomic E-state index is -0.226. The first kappa shape index (κ1) is 9.98. The lowest BCUT2D eigenvalue weighted by Gasteiger charge is -2.21. The fourth-order valence-corrected chi connectivity index (χ4v) is 1.30. The van der Waals surface area contributed by atoms with Gasteiger partial charge in [0.1, 0.15) is 5.82 Å². The predicted octanol–water partition coefficient (Wildman–Crippen LogP) is 0.0458. The fourth-order valence-electron chi connectivity index (χ4n) is 1.30. The first-order chi connectivity index (χ1) is 5.96. The van der Waals surface area contributed by atoms with E-state index in [-0.39, 0.29) is 11.2 Å². The number of nitrogens with zero attached hydrogens (tertiary/aromatic N) is 2. The predicted molar refractivity (Wildman–Crippen MR) is 50.6 cm³/mol. The molecule has 0 fully saturated rings. The molecule has 5 heteroatoms. The molecule has 0 spiro atoms. The van der Waals surface area contributed by atoms with Gasteiger partial charge in [-0.25, -0.2) is 9.89 Å². The van der Waals surface area contributed by atoms with Crippen LogP contribution in [0.3, 0.4) is 0 Å². The Morgan fingerprint density at radius 3 is 2.62 bits per heavy atom. The molecule has 0 saturated heterocycles. The molecule has 0 aromatic carbocycles. The van der Waals surface area contributed by atoms with E-state index >= 15 is 0 Å². The highest BCUT2D eigenvalue weighted by Crippen LogP contribution is 2.11. The first-order valence-corrected chi connectivity index (χ1v) is 4.28. The van der Waals surface area contributed by atoms with Crippen molar-refractivity contribution < 1.29 is 0 Å². The van der Waals surface area contributed by atoms with E-state index in [0.717, 1.165) is 5.82 Å². The molecule has 13 heavy (non-hydrogen) atoms. The molecule has 0 aliphatic heterocycles. The molecule has 1 aromatic rings. The van der Waals surface area contributed by atoms with Crippen molar-refractivity contribution in [1.82, 2.24) is 20.1 Å². The third-order valence-corrected chi connectivity index (χ3v) is 1.75. The highest BCUT2D eigenvalue weighted by molar-refractivity contribution is 4.91. The summed E-state index contributed by atoms with van der Waals surface area (Å²) in [6.07, 6.45) is 0. The van der Waals surface area contributed by atoms with Gasteiger partial charge in [-0.05, 0) is 27.8 Å². The van der Waals surface area contributed by atoms with Crippen molar-refractivity contribution >= 4 is 0 Å². The van der Waals surface area contributed by atoms with Gasteiger partial charge in [-0.1, -0.05) is 0 Å². The van der Waals surface area contributed by atoms with E-state index in [1.165, 1.54) is 0 Å². The van der Waals surface area contributed by atoms with Crippen LogP contribution in [-0.2, 0) is 12.1 Å². The van der Waals surface area contributed by atoms with Gasteiger partial charge in [-0.3, -0.25) is 4.57 Å². The number of rotatable bonds is 2. The summed E-state index contributed by atoms with van der Waals surface area (Å²) >= 11 is 0. The smallest absolute Gasteiger partial charge is 0.313 e. The molecular weight excluding hydrogens is 168 g/mol. The van der Waals surface area contributed by atoms with Crippen LogP contribution in [0.1, 0.15) is 26.6 Å². The van der Waals surface area contributed by atoms with Gasteiger partial charge in [-0.2, -0.15) is 5.10 Å². The van der Waals surface area contributed by atoms with Crippen molar-refractivity contribution in [2.75, 3.05) is 7.05 Å². The monoisotopic (exact) mass is 184 g/mol. The molecule has 5 nitrogen and oxygen atoms in total. The normalized spacial score (nSPS) is 12.0. The quantitative estimate of drug-likeness (QED) is 0.682. The number of H-pyrrole nitrogens is 1. The highest BCUT2D eigenvalue weighted by Gasteiger charge is 2.19. The Balaban J connectivity index is 3.17. The summed E-state index contributed by atoms with van der Waals surface area (Å²) in [5.74, 6) is 0.736. The Labute approximate surface area is 77.2 Å².